The van der Waals surface area contributed by atoms with Crippen molar-refractivity contribution in [1.29, 1.82) is 0 Å². The van der Waals surface area contributed by atoms with E-state index in [2.05, 4.69) is 31.3 Å². The maximum absolute atomic E-state index is 11.8. The third kappa shape index (κ3) is 4.66. The number of anilines is 1. The summed E-state index contributed by atoms with van der Waals surface area (Å²) in [6.07, 6.45) is 5.98. The molecule has 1 aliphatic rings. The van der Waals surface area contributed by atoms with E-state index in [9.17, 15) is 9.90 Å². The Morgan fingerprint density at radius 3 is 2.51 bits per heavy atom. The van der Waals surface area contributed by atoms with E-state index in [0.717, 1.165) is 58.2 Å². The quantitative estimate of drug-likeness (QED) is 0.350. The third-order valence-electron chi connectivity index (χ3n) is 6.63. The fourth-order valence-corrected chi connectivity index (χ4v) is 5.23. The van der Waals surface area contributed by atoms with Gasteiger partial charge in [-0.2, -0.15) is 9.61 Å². The molecule has 1 aliphatic carbocycles. The summed E-state index contributed by atoms with van der Waals surface area (Å²) in [4.78, 5) is 21.5. The van der Waals surface area contributed by atoms with E-state index in [1.807, 2.05) is 48.7 Å². The summed E-state index contributed by atoms with van der Waals surface area (Å²) in [5.74, 6) is 0.390. The predicted molar refractivity (Wildman–Crippen MR) is 139 cm³/mol. The molecule has 9 heteroatoms. The van der Waals surface area contributed by atoms with Crippen LogP contribution in [-0.2, 0) is 4.79 Å². The Morgan fingerprint density at radius 2 is 1.86 bits per heavy atom. The number of carbonyl (C=O) groups is 1. The van der Waals surface area contributed by atoms with Gasteiger partial charge in [0.1, 0.15) is 11.9 Å². The van der Waals surface area contributed by atoms with E-state index in [1.165, 1.54) is 6.92 Å². The van der Waals surface area contributed by atoms with Gasteiger partial charge in [0, 0.05) is 34.8 Å². The van der Waals surface area contributed by atoms with Gasteiger partial charge < -0.3 is 16.2 Å². The Morgan fingerprint density at radius 1 is 1.11 bits per heavy atom. The van der Waals surface area contributed by atoms with Crippen LogP contribution in [0.2, 0.25) is 0 Å². The molecule has 5 rings (SSSR count). The Hall–Kier alpha value is -3.30. The van der Waals surface area contributed by atoms with E-state index in [-0.39, 0.29) is 17.9 Å². The van der Waals surface area contributed by atoms with Crippen molar-refractivity contribution in [2.75, 3.05) is 5.73 Å². The van der Waals surface area contributed by atoms with Crippen molar-refractivity contribution in [3.05, 3.63) is 65.0 Å². The second-order valence-electron chi connectivity index (χ2n) is 9.02. The van der Waals surface area contributed by atoms with Gasteiger partial charge in [-0.25, -0.2) is 4.98 Å². The highest BCUT2D eigenvalue weighted by atomic mass is 79.9. The average molecular weight is 535 g/mol. The van der Waals surface area contributed by atoms with Crippen molar-refractivity contribution >= 4 is 33.3 Å². The molecular weight excluding hydrogens is 508 g/mol. The fourth-order valence-electron chi connectivity index (χ4n) is 4.65. The number of aromatic nitrogens is 4. The minimum Gasteiger partial charge on any atom is -0.384 e. The van der Waals surface area contributed by atoms with Gasteiger partial charge in [-0.3, -0.25) is 9.78 Å². The molecule has 0 radical (unpaired) electrons. The summed E-state index contributed by atoms with van der Waals surface area (Å²) in [6, 6.07) is 14.1. The molecule has 1 fully saturated rings. The number of pyridine rings is 1. The largest absolute Gasteiger partial charge is 0.384 e. The number of aliphatic hydroxyl groups excluding tert-OH is 1. The smallest absolute Gasteiger partial charge is 0.248 e. The zero-order valence-corrected chi connectivity index (χ0v) is 20.9. The zero-order chi connectivity index (χ0) is 24.5. The molecule has 0 bridgehead atoms. The number of benzene rings is 1. The molecule has 1 atom stereocenters. The Kier molecular flexibility index (Phi) is 6.53. The highest BCUT2D eigenvalue weighted by molar-refractivity contribution is 9.10. The van der Waals surface area contributed by atoms with Crippen molar-refractivity contribution in [2.45, 2.75) is 50.7 Å². The lowest BCUT2D eigenvalue weighted by atomic mass is 9.84. The van der Waals surface area contributed by atoms with Gasteiger partial charge in [0.2, 0.25) is 5.91 Å². The van der Waals surface area contributed by atoms with Crippen molar-refractivity contribution in [1.82, 2.24) is 24.9 Å². The lowest BCUT2D eigenvalue weighted by Gasteiger charge is -2.29. The number of amides is 1. The molecule has 4 aromatic rings. The predicted octanol–water partition coefficient (Wildman–Crippen LogP) is 4.33. The lowest BCUT2D eigenvalue weighted by molar-refractivity contribution is -0.129. The number of rotatable bonds is 5. The zero-order valence-electron chi connectivity index (χ0n) is 19.4. The molecule has 0 aliphatic heterocycles. The lowest BCUT2D eigenvalue weighted by Crippen LogP contribution is -2.42. The number of aliphatic hydroxyl groups is 1. The maximum Gasteiger partial charge on any atom is 0.248 e. The highest BCUT2D eigenvalue weighted by Gasteiger charge is 2.28. The maximum atomic E-state index is 11.8. The van der Waals surface area contributed by atoms with Crippen molar-refractivity contribution < 1.29 is 9.90 Å². The number of hydrogen-bond acceptors (Lipinski definition) is 6. The minimum absolute atomic E-state index is 0.0629. The van der Waals surface area contributed by atoms with Gasteiger partial charge in [0.25, 0.3) is 0 Å². The van der Waals surface area contributed by atoms with Crippen LogP contribution in [-0.4, -0.2) is 42.7 Å². The minimum atomic E-state index is -0.998. The monoisotopic (exact) mass is 534 g/mol. The van der Waals surface area contributed by atoms with E-state index in [4.69, 9.17) is 10.7 Å². The number of carbonyl (C=O) groups excluding carboxylic acids is 1. The van der Waals surface area contributed by atoms with Crippen LogP contribution in [0.5, 0.6) is 0 Å². The number of nitrogens with one attached hydrogen (secondary N) is 1. The summed E-state index contributed by atoms with van der Waals surface area (Å²) in [7, 11) is 0. The molecule has 0 saturated heterocycles. The molecule has 4 N–H and O–H groups in total. The second kappa shape index (κ2) is 9.75. The first-order valence-corrected chi connectivity index (χ1v) is 12.5. The first-order chi connectivity index (χ1) is 16.9. The van der Waals surface area contributed by atoms with Crippen LogP contribution < -0.4 is 11.1 Å². The van der Waals surface area contributed by atoms with E-state index < -0.39 is 6.10 Å². The molecule has 1 aromatic carbocycles. The first kappa shape index (κ1) is 23.4. The number of nitrogens with zero attached hydrogens (tertiary/aromatic N) is 4. The van der Waals surface area contributed by atoms with E-state index in [0.29, 0.717) is 11.5 Å². The molecule has 0 spiro atoms. The van der Waals surface area contributed by atoms with E-state index >= 15 is 0 Å². The Balaban J connectivity index is 1.42. The molecule has 3 aromatic heterocycles. The Labute approximate surface area is 211 Å². The van der Waals surface area contributed by atoms with Gasteiger partial charge in [0.05, 0.1) is 22.1 Å². The van der Waals surface area contributed by atoms with Crippen molar-refractivity contribution in [3.8, 4) is 22.4 Å². The summed E-state index contributed by atoms with van der Waals surface area (Å²) in [6.45, 7) is 1.48. The van der Waals surface area contributed by atoms with Gasteiger partial charge in [-0.1, -0.05) is 36.4 Å². The summed E-state index contributed by atoms with van der Waals surface area (Å²) >= 11 is 3.65. The molecule has 0 unspecified atom stereocenters. The summed E-state index contributed by atoms with van der Waals surface area (Å²) in [5.41, 5.74) is 11.8. The van der Waals surface area contributed by atoms with Crippen molar-refractivity contribution in [2.24, 2.45) is 0 Å². The Bertz CT molecular complexity index is 1350. The number of hydrogen-bond donors (Lipinski definition) is 3. The van der Waals surface area contributed by atoms with E-state index in [1.54, 1.807) is 10.7 Å². The van der Waals surface area contributed by atoms with Gasteiger partial charge in [-0.15, -0.1) is 0 Å². The van der Waals surface area contributed by atoms with Crippen LogP contribution >= 0.6 is 15.9 Å². The molecule has 180 valence electrons. The van der Waals surface area contributed by atoms with Gasteiger partial charge >= 0.3 is 0 Å². The SMILES string of the molecule is C[C@@H](O)C(=O)N[C@H]1CC[C@H](c2nc3c(-c4ccc(-c5ccccc5)nc4)cnn3c(N)c2Br)CC1. The molecular formula is C26H27BrN6O2. The summed E-state index contributed by atoms with van der Waals surface area (Å²) < 4.78 is 2.41. The van der Waals surface area contributed by atoms with Crippen molar-refractivity contribution in [3.63, 3.8) is 0 Å². The summed E-state index contributed by atoms with van der Waals surface area (Å²) in [5, 5.41) is 16.9. The van der Waals surface area contributed by atoms with Crippen LogP contribution in [0.25, 0.3) is 28.0 Å². The number of halogens is 1. The van der Waals surface area contributed by atoms with Gasteiger partial charge in [0.15, 0.2) is 5.65 Å². The molecule has 1 saturated carbocycles. The number of fused-ring (bicyclic) bond motifs is 1. The molecule has 1 amide bonds. The normalized spacial score (nSPS) is 18.9. The first-order valence-electron chi connectivity index (χ1n) is 11.7. The molecule has 3 heterocycles. The molecule has 35 heavy (non-hydrogen) atoms. The highest BCUT2D eigenvalue weighted by Crippen LogP contribution is 2.39. The standard InChI is InChI=1S/C26H27BrN6O2/c1-15(34)26(35)31-19-10-7-17(8-11-19)23-22(27)24(28)33-25(32-23)20(14-30-33)18-9-12-21(29-13-18)16-5-3-2-4-6-16/h2-6,9,12-15,17,19,34H,7-8,10-11,28H2,1H3,(H,31,35)/t15-,17-,19-/m1/s1. The van der Waals surface area contributed by atoms with Crippen LogP contribution in [0.4, 0.5) is 5.82 Å². The van der Waals surface area contributed by atoms with Crippen LogP contribution in [0, 0.1) is 0 Å². The van der Waals surface area contributed by atoms with Crippen LogP contribution in [0.1, 0.15) is 44.2 Å². The van der Waals surface area contributed by atoms with Crippen LogP contribution in [0.3, 0.4) is 0 Å². The van der Waals surface area contributed by atoms with Gasteiger partial charge in [-0.05, 0) is 54.6 Å². The second-order valence-corrected chi connectivity index (χ2v) is 9.81. The topological polar surface area (TPSA) is 118 Å². The molecule has 8 nitrogen and oxygen atoms in total. The third-order valence-corrected chi connectivity index (χ3v) is 7.44. The number of nitrogens with two attached hydrogens (primary N) is 1. The average Bonchev–Trinajstić information content (AvgIpc) is 3.31. The fraction of sp³-hybridized carbons (Fsp3) is 0.308. The van der Waals surface area contributed by atoms with Crippen LogP contribution in [0.15, 0.2) is 59.3 Å². The number of nitrogen functional groups attached to an aromatic ring is 1.